The van der Waals surface area contributed by atoms with Crippen LogP contribution in [0.5, 0.6) is 0 Å². The van der Waals surface area contributed by atoms with Crippen LogP contribution in [-0.2, 0) is 9.84 Å². The van der Waals surface area contributed by atoms with E-state index in [0.717, 1.165) is 17.6 Å². The summed E-state index contributed by atoms with van der Waals surface area (Å²) in [4.78, 5) is 27.1. The Balaban J connectivity index is 2.19. The highest BCUT2D eigenvalue weighted by molar-refractivity contribution is 7.90. The largest absolute Gasteiger partial charge is 0.477 e. The van der Waals surface area contributed by atoms with Crippen molar-refractivity contribution in [2.45, 2.75) is 11.8 Å². The zero-order chi connectivity index (χ0) is 16.5. The molecule has 9 heteroatoms. The molecule has 1 amide bonds. The number of aryl methyl sites for hydroxylation is 1. The maximum absolute atomic E-state index is 12.0. The second-order valence-electron chi connectivity index (χ2n) is 4.49. The van der Waals surface area contributed by atoms with E-state index in [1.165, 1.54) is 31.2 Å². The monoisotopic (exact) mass is 340 g/mol. The number of carbonyl (C=O) groups is 2. The molecule has 0 aliphatic rings. The van der Waals surface area contributed by atoms with Crippen molar-refractivity contribution in [3.05, 3.63) is 40.4 Å². The average Bonchev–Trinajstić information content (AvgIpc) is 2.79. The summed E-state index contributed by atoms with van der Waals surface area (Å²) < 4.78 is 22.7. The van der Waals surface area contributed by atoms with E-state index in [4.69, 9.17) is 5.11 Å². The first kappa shape index (κ1) is 16.1. The Bertz CT molecular complexity index is 838. The van der Waals surface area contributed by atoms with Gasteiger partial charge < -0.3 is 5.11 Å². The van der Waals surface area contributed by atoms with E-state index in [9.17, 15) is 18.0 Å². The molecule has 0 atom stereocenters. The highest BCUT2D eigenvalue weighted by Gasteiger charge is 2.16. The van der Waals surface area contributed by atoms with Gasteiger partial charge in [0.2, 0.25) is 0 Å². The summed E-state index contributed by atoms with van der Waals surface area (Å²) in [6.07, 6.45) is 1.08. The number of benzene rings is 1. The second-order valence-corrected chi connectivity index (χ2v) is 7.50. The molecular formula is C13H12N2O5S2. The van der Waals surface area contributed by atoms with Crippen LogP contribution in [0.15, 0.2) is 29.2 Å². The molecule has 1 aromatic carbocycles. The summed E-state index contributed by atoms with van der Waals surface area (Å²) in [6, 6.07) is 5.43. The van der Waals surface area contributed by atoms with Crippen LogP contribution in [0.1, 0.15) is 25.7 Å². The first-order valence-electron chi connectivity index (χ1n) is 6.00. The molecular weight excluding hydrogens is 328 g/mol. The fourth-order valence-corrected chi connectivity index (χ4v) is 3.10. The highest BCUT2D eigenvalue weighted by atomic mass is 32.2. The van der Waals surface area contributed by atoms with E-state index < -0.39 is 21.7 Å². The van der Waals surface area contributed by atoms with E-state index >= 15 is 0 Å². The van der Waals surface area contributed by atoms with Crippen LogP contribution in [0.25, 0.3) is 0 Å². The maximum Gasteiger partial charge on any atom is 0.347 e. The molecule has 0 saturated heterocycles. The molecule has 22 heavy (non-hydrogen) atoms. The Morgan fingerprint density at radius 3 is 2.27 bits per heavy atom. The van der Waals surface area contributed by atoms with Gasteiger partial charge in [-0.2, -0.15) is 0 Å². The lowest BCUT2D eigenvalue weighted by molar-refractivity contribution is 0.0701. The van der Waals surface area contributed by atoms with E-state index in [-0.39, 0.29) is 20.5 Å². The van der Waals surface area contributed by atoms with E-state index in [2.05, 4.69) is 10.3 Å². The summed E-state index contributed by atoms with van der Waals surface area (Å²) in [6.45, 7) is 1.54. The molecule has 1 heterocycles. The summed E-state index contributed by atoms with van der Waals surface area (Å²) >= 11 is 0.860. The predicted octanol–water partition coefficient (Wildman–Crippen LogP) is 1.81. The number of carboxylic acids is 1. The summed E-state index contributed by atoms with van der Waals surface area (Å²) in [5, 5.41) is 11.6. The Morgan fingerprint density at radius 2 is 1.82 bits per heavy atom. The number of hydrogen-bond acceptors (Lipinski definition) is 6. The van der Waals surface area contributed by atoms with Gasteiger partial charge in [-0.25, -0.2) is 18.2 Å². The number of rotatable bonds is 4. The second kappa shape index (κ2) is 5.85. The third kappa shape index (κ3) is 3.49. The van der Waals surface area contributed by atoms with Crippen molar-refractivity contribution in [1.82, 2.24) is 4.98 Å². The lowest BCUT2D eigenvalue weighted by Gasteiger charge is -2.03. The first-order chi connectivity index (χ1) is 10.2. The van der Waals surface area contributed by atoms with Gasteiger partial charge in [0.15, 0.2) is 15.0 Å². The van der Waals surface area contributed by atoms with Gasteiger partial charge in [0.05, 0.1) is 10.6 Å². The van der Waals surface area contributed by atoms with Gasteiger partial charge in [0.1, 0.15) is 4.88 Å². The predicted molar refractivity (Wildman–Crippen MR) is 81.3 cm³/mol. The minimum Gasteiger partial charge on any atom is -0.477 e. The molecule has 0 aliphatic heterocycles. The van der Waals surface area contributed by atoms with Gasteiger partial charge in [-0.1, -0.05) is 11.3 Å². The van der Waals surface area contributed by atoms with Crippen LogP contribution in [-0.4, -0.2) is 36.6 Å². The van der Waals surface area contributed by atoms with Gasteiger partial charge in [0, 0.05) is 11.8 Å². The Labute approximate surface area is 130 Å². The van der Waals surface area contributed by atoms with Crippen molar-refractivity contribution in [1.29, 1.82) is 0 Å². The van der Waals surface area contributed by atoms with E-state index in [1.807, 2.05) is 0 Å². The molecule has 7 nitrogen and oxygen atoms in total. The zero-order valence-electron chi connectivity index (χ0n) is 11.7. The SMILES string of the molecule is Cc1nc(NC(=O)c2ccc(S(C)(=O)=O)cc2)sc1C(=O)O. The van der Waals surface area contributed by atoms with Crippen LogP contribution >= 0.6 is 11.3 Å². The quantitative estimate of drug-likeness (QED) is 0.877. The first-order valence-corrected chi connectivity index (χ1v) is 8.71. The van der Waals surface area contributed by atoms with Crippen LogP contribution in [0, 0.1) is 6.92 Å². The fourth-order valence-electron chi connectivity index (χ4n) is 1.67. The van der Waals surface area contributed by atoms with Crippen molar-refractivity contribution in [2.24, 2.45) is 0 Å². The molecule has 0 fully saturated rings. The molecule has 2 N–H and O–H groups in total. The van der Waals surface area contributed by atoms with E-state index in [1.54, 1.807) is 0 Å². The topological polar surface area (TPSA) is 113 Å². The Hall–Kier alpha value is -2.26. The third-order valence-corrected chi connectivity index (χ3v) is 4.95. The standard InChI is InChI=1S/C13H12N2O5S2/c1-7-10(12(17)18)21-13(14-7)15-11(16)8-3-5-9(6-4-8)22(2,19)20/h3-6H,1-2H3,(H,17,18)(H,14,15,16). The zero-order valence-corrected chi connectivity index (χ0v) is 13.3. The van der Waals surface area contributed by atoms with Crippen molar-refractivity contribution < 1.29 is 23.1 Å². The number of nitrogens with one attached hydrogen (secondary N) is 1. The van der Waals surface area contributed by atoms with Crippen molar-refractivity contribution in [3.63, 3.8) is 0 Å². The molecule has 2 rings (SSSR count). The number of aromatic carboxylic acids is 1. The molecule has 0 aliphatic carbocycles. The number of aromatic nitrogens is 1. The van der Waals surface area contributed by atoms with Crippen LogP contribution in [0.3, 0.4) is 0 Å². The fraction of sp³-hybridized carbons (Fsp3) is 0.154. The molecule has 0 spiro atoms. The maximum atomic E-state index is 12.0. The minimum absolute atomic E-state index is 0.0581. The average molecular weight is 340 g/mol. The molecule has 0 bridgehead atoms. The van der Waals surface area contributed by atoms with Gasteiger partial charge in [-0.15, -0.1) is 0 Å². The number of anilines is 1. The molecule has 1 aromatic heterocycles. The molecule has 0 saturated carbocycles. The number of carbonyl (C=O) groups excluding carboxylic acids is 1. The number of thiazole rings is 1. The number of amides is 1. The molecule has 0 unspecified atom stereocenters. The third-order valence-electron chi connectivity index (χ3n) is 2.76. The normalized spacial score (nSPS) is 11.2. The summed E-state index contributed by atoms with van der Waals surface area (Å²) in [5.41, 5.74) is 0.567. The van der Waals surface area contributed by atoms with Crippen LogP contribution in [0.2, 0.25) is 0 Å². The minimum atomic E-state index is -3.32. The molecule has 0 radical (unpaired) electrons. The molecule has 116 valence electrons. The Kier molecular flexibility index (Phi) is 4.29. The number of carboxylic acid groups (broad SMARTS) is 1. The lowest BCUT2D eigenvalue weighted by Crippen LogP contribution is -2.11. The summed E-state index contributed by atoms with van der Waals surface area (Å²) in [7, 11) is -3.32. The van der Waals surface area contributed by atoms with Crippen LogP contribution < -0.4 is 5.32 Å². The lowest BCUT2D eigenvalue weighted by atomic mass is 10.2. The van der Waals surface area contributed by atoms with Gasteiger partial charge in [0.25, 0.3) is 5.91 Å². The van der Waals surface area contributed by atoms with Gasteiger partial charge in [-0.05, 0) is 31.2 Å². The van der Waals surface area contributed by atoms with Crippen LogP contribution in [0.4, 0.5) is 5.13 Å². The van der Waals surface area contributed by atoms with Gasteiger partial charge in [-0.3, -0.25) is 10.1 Å². The van der Waals surface area contributed by atoms with Crippen molar-refractivity contribution in [2.75, 3.05) is 11.6 Å². The van der Waals surface area contributed by atoms with Crippen molar-refractivity contribution in [3.8, 4) is 0 Å². The smallest absolute Gasteiger partial charge is 0.347 e. The Morgan fingerprint density at radius 1 is 1.23 bits per heavy atom. The number of hydrogen-bond donors (Lipinski definition) is 2. The number of nitrogens with zero attached hydrogens (tertiary/aromatic N) is 1. The van der Waals surface area contributed by atoms with Crippen molar-refractivity contribution >= 4 is 38.2 Å². The molecule has 2 aromatic rings. The summed E-state index contributed by atoms with van der Waals surface area (Å²) in [5.74, 6) is -1.60. The number of sulfone groups is 1. The van der Waals surface area contributed by atoms with Gasteiger partial charge >= 0.3 is 5.97 Å². The highest BCUT2D eigenvalue weighted by Crippen LogP contribution is 2.23. The van der Waals surface area contributed by atoms with E-state index in [0.29, 0.717) is 5.69 Å².